The van der Waals surface area contributed by atoms with E-state index in [9.17, 15) is 18.0 Å². The zero-order valence-corrected chi connectivity index (χ0v) is 14.8. The average Bonchev–Trinajstić information content (AvgIpc) is 3.12. The number of sulfone groups is 1. The zero-order valence-electron chi connectivity index (χ0n) is 14.0. The lowest BCUT2D eigenvalue weighted by atomic mass is 10.1. The number of ether oxygens (including phenoxy) is 1. The molecule has 0 saturated carbocycles. The third-order valence-electron chi connectivity index (χ3n) is 4.88. The van der Waals surface area contributed by atoms with Gasteiger partial charge in [0.25, 0.3) is 0 Å². The summed E-state index contributed by atoms with van der Waals surface area (Å²) in [5, 5.41) is -1.44. The minimum absolute atomic E-state index is 0.0463. The summed E-state index contributed by atoms with van der Waals surface area (Å²) in [4.78, 5) is 26.3. The molecule has 6 nitrogen and oxygen atoms in total. The van der Waals surface area contributed by atoms with E-state index in [0.717, 1.165) is 5.56 Å². The maximum Gasteiger partial charge on any atom is 0.303 e. The van der Waals surface area contributed by atoms with Crippen LogP contribution in [-0.2, 0) is 30.6 Å². The monoisotopic (exact) mass is 371 g/mol. The number of hydrogen-bond acceptors (Lipinski definition) is 5. The second-order valence-electron chi connectivity index (χ2n) is 6.46. The molecule has 0 radical (unpaired) electrons. The van der Waals surface area contributed by atoms with Crippen LogP contribution >= 0.6 is 0 Å². The first-order chi connectivity index (χ1) is 12.4. The largest absolute Gasteiger partial charge is 0.458 e. The van der Waals surface area contributed by atoms with Crippen LogP contribution in [0.2, 0.25) is 0 Å². The Labute approximate surface area is 151 Å². The smallest absolute Gasteiger partial charge is 0.303 e. The lowest BCUT2D eigenvalue weighted by molar-refractivity contribution is -0.146. The van der Waals surface area contributed by atoms with Crippen molar-refractivity contribution < 1.29 is 22.7 Å². The van der Waals surface area contributed by atoms with Crippen LogP contribution in [0.1, 0.15) is 12.5 Å². The highest BCUT2D eigenvalue weighted by molar-refractivity contribution is 7.93. The fourth-order valence-electron chi connectivity index (χ4n) is 3.84. The first kappa shape index (κ1) is 16.8. The summed E-state index contributed by atoms with van der Waals surface area (Å²) in [6.45, 7) is 1.22. The summed E-state index contributed by atoms with van der Waals surface area (Å²) >= 11 is 0. The summed E-state index contributed by atoms with van der Waals surface area (Å²) in [6.07, 6.45) is -0.585. The van der Waals surface area contributed by atoms with E-state index < -0.39 is 39.1 Å². The lowest BCUT2D eigenvalue weighted by Crippen LogP contribution is -2.41. The number of benzene rings is 2. The van der Waals surface area contributed by atoms with Crippen molar-refractivity contribution in [1.29, 1.82) is 0 Å². The van der Waals surface area contributed by atoms with Crippen molar-refractivity contribution in [1.82, 2.24) is 0 Å². The molecule has 1 saturated heterocycles. The summed E-state index contributed by atoms with van der Waals surface area (Å²) in [7, 11) is -4.00. The number of para-hydroxylation sites is 1. The Morgan fingerprint density at radius 3 is 2.42 bits per heavy atom. The number of fused-ring (bicyclic) bond motifs is 3. The van der Waals surface area contributed by atoms with Crippen molar-refractivity contribution in [3.63, 3.8) is 0 Å². The van der Waals surface area contributed by atoms with Crippen LogP contribution in [0.5, 0.6) is 0 Å². The molecule has 0 bridgehead atoms. The van der Waals surface area contributed by atoms with Gasteiger partial charge in [0.2, 0.25) is 5.91 Å². The molecule has 26 heavy (non-hydrogen) atoms. The second kappa shape index (κ2) is 5.95. The number of esters is 1. The Bertz CT molecular complexity index is 986. The molecular formula is C19H17NO5S. The normalized spacial score (nSPS) is 24.3. The van der Waals surface area contributed by atoms with Gasteiger partial charge >= 0.3 is 5.97 Å². The summed E-state index contributed by atoms with van der Waals surface area (Å²) in [5.41, 5.74) is 1.63. The SMILES string of the molecule is CC(=O)O[C@@H]1[C@H]2Cc3ccccc3N2C(=O)[C@H]1S(=O)(=O)c1ccccc1. The Balaban J connectivity index is 1.82. The van der Waals surface area contributed by atoms with E-state index >= 15 is 0 Å². The van der Waals surface area contributed by atoms with Crippen LogP contribution < -0.4 is 4.90 Å². The van der Waals surface area contributed by atoms with Crippen LogP contribution in [0.15, 0.2) is 59.5 Å². The van der Waals surface area contributed by atoms with Crippen molar-refractivity contribution in [2.75, 3.05) is 4.90 Å². The van der Waals surface area contributed by atoms with Gasteiger partial charge in [0.1, 0.15) is 6.10 Å². The molecule has 2 aliphatic rings. The highest BCUT2D eigenvalue weighted by Gasteiger charge is 2.59. The molecule has 0 spiro atoms. The molecule has 4 rings (SSSR count). The van der Waals surface area contributed by atoms with E-state index in [-0.39, 0.29) is 4.90 Å². The predicted octanol–water partition coefficient (Wildman–Crippen LogP) is 1.73. The number of rotatable bonds is 3. The molecule has 7 heteroatoms. The number of carbonyl (C=O) groups excluding carboxylic acids is 2. The molecular weight excluding hydrogens is 354 g/mol. The Hall–Kier alpha value is -2.67. The van der Waals surface area contributed by atoms with Gasteiger partial charge in [-0.05, 0) is 30.2 Å². The van der Waals surface area contributed by atoms with E-state index in [1.165, 1.54) is 24.0 Å². The molecule has 0 unspecified atom stereocenters. The molecule has 1 amide bonds. The summed E-state index contributed by atoms with van der Waals surface area (Å²) < 4.78 is 31.6. The Kier molecular flexibility index (Phi) is 3.84. The maximum absolute atomic E-state index is 13.1. The van der Waals surface area contributed by atoms with Gasteiger partial charge in [-0.1, -0.05) is 36.4 Å². The zero-order chi connectivity index (χ0) is 18.5. The molecule has 0 aromatic heterocycles. The third-order valence-corrected chi connectivity index (χ3v) is 6.95. The minimum atomic E-state index is -4.00. The summed E-state index contributed by atoms with van der Waals surface area (Å²) in [6, 6.07) is 14.6. The number of hydrogen-bond donors (Lipinski definition) is 0. The molecule has 2 heterocycles. The molecule has 1 fully saturated rings. The number of amides is 1. The molecule has 2 aliphatic heterocycles. The van der Waals surface area contributed by atoms with Gasteiger partial charge in [-0.3, -0.25) is 9.59 Å². The van der Waals surface area contributed by atoms with Gasteiger partial charge in [-0.2, -0.15) is 0 Å². The number of anilines is 1. The Morgan fingerprint density at radius 1 is 1.08 bits per heavy atom. The minimum Gasteiger partial charge on any atom is -0.458 e. The van der Waals surface area contributed by atoms with Crippen molar-refractivity contribution in [3.05, 3.63) is 60.2 Å². The maximum atomic E-state index is 13.1. The Morgan fingerprint density at radius 2 is 1.73 bits per heavy atom. The van der Waals surface area contributed by atoms with E-state index in [1.54, 1.807) is 30.3 Å². The van der Waals surface area contributed by atoms with Crippen molar-refractivity contribution >= 4 is 27.4 Å². The van der Waals surface area contributed by atoms with E-state index in [0.29, 0.717) is 12.1 Å². The third kappa shape index (κ3) is 2.42. The van der Waals surface area contributed by atoms with Crippen molar-refractivity contribution in [3.8, 4) is 0 Å². The van der Waals surface area contributed by atoms with Crippen LogP contribution in [0.25, 0.3) is 0 Å². The standard InChI is InChI=1S/C19H17NO5S/c1-12(21)25-17-16-11-13-7-5-6-10-15(13)20(16)19(22)18(17)26(23,24)14-8-3-2-4-9-14/h2-10,16-18H,11H2,1H3/t16-,17-,18+/m1/s1. The fourth-order valence-corrected chi connectivity index (χ4v) is 5.64. The van der Waals surface area contributed by atoms with E-state index in [1.807, 2.05) is 12.1 Å². The fraction of sp³-hybridized carbons (Fsp3) is 0.263. The predicted molar refractivity (Wildman–Crippen MR) is 94.4 cm³/mol. The van der Waals surface area contributed by atoms with Gasteiger partial charge in [0.15, 0.2) is 15.1 Å². The van der Waals surface area contributed by atoms with Crippen molar-refractivity contribution in [2.45, 2.75) is 35.6 Å². The van der Waals surface area contributed by atoms with Gasteiger partial charge in [0.05, 0.1) is 10.9 Å². The van der Waals surface area contributed by atoms with Crippen molar-refractivity contribution in [2.24, 2.45) is 0 Å². The molecule has 2 aromatic carbocycles. The lowest BCUT2D eigenvalue weighted by Gasteiger charge is -2.21. The van der Waals surface area contributed by atoms with Gasteiger partial charge < -0.3 is 9.64 Å². The first-order valence-corrected chi connectivity index (χ1v) is 9.83. The number of carbonyl (C=O) groups is 2. The highest BCUT2D eigenvalue weighted by Crippen LogP contribution is 2.42. The molecule has 0 aliphatic carbocycles. The first-order valence-electron chi connectivity index (χ1n) is 8.28. The van der Waals surface area contributed by atoms with Crippen LogP contribution in [0.4, 0.5) is 5.69 Å². The van der Waals surface area contributed by atoms with E-state index in [2.05, 4.69) is 0 Å². The average molecular weight is 371 g/mol. The van der Waals surface area contributed by atoms with E-state index in [4.69, 9.17) is 4.74 Å². The van der Waals surface area contributed by atoms with Gasteiger partial charge in [0, 0.05) is 12.6 Å². The second-order valence-corrected chi connectivity index (χ2v) is 8.53. The van der Waals surface area contributed by atoms with Crippen LogP contribution in [0, 0.1) is 0 Å². The molecule has 134 valence electrons. The van der Waals surface area contributed by atoms with Gasteiger partial charge in [-0.15, -0.1) is 0 Å². The van der Waals surface area contributed by atoms with Gasteiger partial charge in [-0.25, -0.2) is 8.42 Å². The quantitative estimate of drug-likeness (QED) is 0.768. The highest BCUT2D eigenvalue weighted by atomic mass is 32.2. The summed E-state index contributed by atoms with van der Waals surface area (Å²) in [5.74, 6) is -1.15. The molecule has 2 aromatic rings. The molecule has 0 N–H and O–H groups in total. The van der Waals surface area contributed by atoms with Crippen LogP contribution in [-0.4, -0.2) is 37.7 Å². The molecule has 3 atom stereocenters. The number of nitrogens with zero attached hydrogens (tertiary/aromatic N) is 1. The van der Waals surface area contributed by atoms with Crippen LogP contribution in [0.3, 0.4) is 0 Å². The topological polar surface area (TPSA) is 80.8 Å².